The maximum Gasteiger partial charge on any atom is 0.250 e. The summed E-state index contributed by atoms with van der Waals surface area (Å²) in [6.07, 6.45) is 6.51. The summed E-state index contributed by atoms with van der Waals surface area (Å²) < 4.78 is 2.04. The lowest BCUT2D eigenvalue weighted by atomic mass is 9.49. The van der Waals surface area contributed by atoms with Crippen molar-refractivity contribution < 1.29 is 0 Å². The molecule has 128 valence electrons. The Kier molecular flexibility index (Phi) is 3.16. The van der Waals surface area contributed by atoms with Gasteiger partial charge in [0.05, 0.1) is 0 Å². The van der Waals surface area contributed by atoms with Crippen molar-refractivity contribution in [1.29, 1.82) is 0 Å². The molecule has 0 amide bonds. The van der Waals surface area contributed by atoms with Gasteiger partial charge >= 0.3 is 0 Å². The van der Waals surface area contributed by atoms with Crippen LogP contribution >= 0.6 is 0 Å². The van der Waals surface area contributed by atoms with Gasteiger partial charge in [-0.2, -0.15) is 0 Å². The van der Waals surface area contributed by atoms with Crippen molar-refractivity contribution >= 4 is 0 Å². The van der Waals surface area contributed by atoms with Crippen LogP contribution in [0.4, 0.5) is 0 Å². The van der Waals surface area contributed by atoms with Crippen LogP contribution in [0.3, 0.4) is 0 Å². The van der Waals surface area contributed by atoms with E-state index in [1.54, 1.807) is 11.6 Å². The Balaban J connectivity index is 1.36. The molecule has 0 radical (unpaired) electrons. The summed E-state index contributed by atoms with van der Waals surface area (Å²) in [4.78, 5) is 14.8. The van der Waals surface area contributed by atoms with Gasteiger partial charge in [-0.3, -0.25) is 9.69 Å². The predicted octanol–water partition coefficient (Wildman–Crippen LogP) is 3.26. The van der Waals surface area contributed by atoms with E-state index in [0.29, 0.717) is 17.3 Å². The fourth-order valence-corrected chi connectivity index (χ4v) is 6.04. The summed E-state index contributed by atoms with van der Waals surface area (Å²) >= 11 is 0. The average molecular weight is 324 g/mol. The molecule has 0 aromatic carbocycles. The molecular weight excluding hydrogens is 296 g/mol. The Hall–Kier alpha value is -1.35. The molecule has 3 aliphatic carbocycles. The van der Waals surface area contributed by atoms with Crippen molar-refractivity contribution in [3.63, 3.8) is 0 Å². The summed E-state index contributed by atoms with van der Waals surface area (Å²) in [6.45, 7) is 9.28. The van der Waals surface area contributed by atoms with Gasteiger partial charge in [-0.15, -0.1) is 0 Å². The van der Waals surface area contributed by atoms with E-state index in [-0.39, 0.29) is 5.56 Å². The molecule has 0 spiro atoms. The molecule has 3 heterocycles. The third-order valence-corrected chi connectivity index (χ3v) is 7.54. The lowest BCUT2D eigenvalue weighted by molar-refractivity contribution is -0.0127. The maximum atomic E-state index is 12.2. The van der Waals surface area contributed by atoms with Crippen LogP contribution < -0.4 is 5.56 Å². The number of rotatable bonds is 2. The van der Waals surface area contributed by atoms with Crippen LogP contribution in [0.25, 0.3) is 0 Å². The van der Waals surface area contributed by atoms with Gasteiger partial charge in [0, 0.05) is 43.9 Å². The minimum absolute atomic E-state index is 0.188. The van der Waals surface area contributed by atoms with E-state index in [0.717, 1.165) is 38.0 Å². The summed E-state index contributed by atoms with van der Waals surface area (Å²) in [7, 11) is 0. The quantitative estimate of drug-likeness (QED) is 0.780. The highest BCUT2D eigenvalue weighted by molar-refractivity contribution is 5.25. The number of nitrogens with zero attached hydrogens (tertiary/aromatic N) is 2. The Morgan fingerprint density at radius 3 is 2.83 bits per heavy atom. The van der Waals surface area contributed by atoms with E-state index in [1.807, 2.05) is 10.6 Å². The lowest BCUT2D eigenvalue weighted by Crippen LogP contribution is -2.52. The molecular formula is C21H28N2O. The van der Waals surface area contributed by atoms with E-state index < -0.39 is 0 Å². The van der Waals surface area contributed by atoms with Crippen LogP contribution in [-0.2, 0) is 6.54 Å². The van der Waals surface area contributed by atoms with Crippen molar-refractivity contribution in [1.82, 2.24) is 9.47 Å². The average Bonchev–Trinajstić information content (AvgIpc) is 2.56. The molecule has 0 N–H and O–H groups in total. The summed E-state index contributed by atoms with van der Waals surface area (Å²) in [5.74, 6) is 2.92. The third kappa shape index (κ3) is 2.10. The van der Waals surface area contributed by atoms with Gasteiger partial charge in [0.25, 0.3) is 5.56 Å². The molecule has 6 rings (SSSR count). The van der Waals surface area contributed by atoms with Crippen LogP contribution in [0.2, 0.25) is 0 Å². The Bertz CT molecular complexity index is 759. The molecule has 4 bridgehead atoms. The van der Waals surface area contributed by atoms with Gasteiger partial charge < -0.3 is 4.57 Å². The van der Waals surface area contributed by atoms with E-state index in [1.165, 1.54) is 25.0 Å². The molecule has 4 unspecified atom stereocenters. The lowest BCUT2D eigenvalue weighted by Gasteiger charge is -2.57. The highest BCUT2D eigenvalue weighted by Crippen LogP contribution is 2.59. The number of fused-ring (bicyclic) bond motifs is 5. The second kappa shape index (κ2) is 5.08. The highest BCUT2D eigenvalue weighted by atomic mass is 16.1. The summed E-state index contributed by atoms with van der Waals surface area (Å²) in [6, 6.07) is 5.82. The SMILES string of the molecule is CC1(C)C2CC=C(CN3CC4CC(C3)c3cccc(=O)n3C4)C1C2. The van der Waals surface area contributed by atoms with Gasteiger partial charge in [0.15, 0.2) is 0 Å². The number of aromatic nitrogens is 1. The Labute approximate surface area is 144 Å². The zero-order valence-corrected chi connectivity index (χ0v) is 14.9. The summed E-state index contributed by atoms with van der Waals surface area (Å²) in [5.41, 5.74) is 3.68. The number of hydrogen-bond donors (Lipinski definition) is 0. The van der Waals surface area contributed by atoms with Crippen molar-refractivity contribution in [2.24, 2.45) is 23.2 Å². The fourth-order valence-electron chi connectivity index (χ4n) is 6.04. The van der Waals surface area contributed by atoms with Crippen molar-refractivity contribution in [3.05, 3.63) is 45.9 Å². The van der Waals surface area contributed by atoms with Crippen LogP contribution in [0.15, 0.2) is 34.6 Å². The molecule has 3 heteroatoms. The fraction of sp³-hybridized carbons (Fsp3) is 0.667. The second-order valence-corrected chi connectivity index (χ2v) is 9.21. The standard InChI is InChI=1S/C21H28N2O/c1-21(2)17-7-6-15(18(21)9-17)12-22-10-14-8-16(13-22)19-4-3-5-20(24)23(19)11-14/h3-6,14,16-18H,7-13H2,1-2H3. The normalized spacial score (nSPS) is 36.5. The molecule has 4 atom stereocenters. The van der Waals surface area contributed by atoms with Crippen molar-refractivity contribution in [2.75, 3.05) is 19.6 Å². The molecule has 3 nitrogen and oxygen atoms in total. The number of hydrogen-bond acceptors (Lipinski definition) is 2. The third-order valence-electron chi connectivity index (χ3n) is 7.54. The monoisotopic (exact) mass is 324 g/mol. The first kappa shape index (κ1) is 14.9. The first-order chi connectivity index (χ1) is 11.5. The smallest absolute Gasteiger partial charge is 0.250 e. The zero-order valence-electron chi connectivity index (χ0n) is 14.9. The Morgan fingerprint density at radius 2 is 2.04 bits per heavy atom. The molecule has 5 aliphatic rings. The van der Waals surface area contributed by atoms with Crippen LogP contribution in [0.5, 0.6) is 0 Å². The number of allylic oxidation sites excluding steroid dienone is 1. The van der Waals surface area contributed by atoms with Crippen LogP contribution in [-0.4, -0.2) is 29.1 Å². The molecule has 1 aromatic rings. The molecule has 1 saturated heterocycles. The van der Waals surface area contributed by atoms with Gasteiger partial charge in [-0.25, -0.2) is 0 Å². The molecule has 24 heavy (non-hydrogen) atoms. The molecule has 2 fully saturated rings. The van der Waals surface area contributed by atoms with E-state index in [9.17, 15) is 4.79 Å². The number of piperidine rings is 1. The first-order valence-electron chi connectivity index (χ1n) is 9.63. The molecule has 1 saturated carbocycles. The van der Waals surface area contributed by atoms with E-state index in [4.69, 9.17) is 0 Å². The van der Waals surface area contributed by atoms with E-state index in [2.05, 4.69) is 30.9 Å². The minimum atomic E-state index is 0.188. The Morgan fingerprint density at radius 1 is 1.17 bits per heavy atom. The van der Waals surface area contributed by atoms with Gasteiger partial charge in [-0.1, -0.05) is 31.6 Å². The summed E-state index contributed by atoms with van der Waals surface area (Å²) in [5, 5.41) is 0. The molecule has 2 aliphatic heterocycles. The van der Waals surface area contributed by atoms with Crippen molar-refractivity contribution in [3.8, 4) is 0 Å². The van der Waals surface area contributed by atoms with Gasteiger partial charge in [-0.05, 0) is 48.5 Å². The van der Waals surface area contributed by atoms with Crippen LogP contribution in [0.1, 0.15) is 44.7 Å². The number of likely N-dealkylation sites (tertiary alicyclic amines) is 1. The predicted molar refractivity (Wildman–Crippen MR) is 96.1 cm³/mol. The largest absolute Gasteiger partial charge is 0.312 e. The number of pyridine rings is 1. The van der Waals surface area contributed by atoms with Gasteiger partial charge in [0.2, 0.25) is 0 Å². The minimum Gasteiger partial charge on any atom is -0.312 e. The zero-order chi connectivity index (χ0) is 16.5. The van der Waals surface area contributed by atoms with Gasteiger partial charge in [0.1, 0.15) is 0 Å². The van der Waals surface area contributed by atoms with E-state index >= 15 is 0 Å². The second-order valence-electron chi connectivity index (χ2n) is 9.21. The molecule has 1 aromatic heterocycles. The maximum absolute atomic E-state index is 12.2. The van der Waals surface area contributed by atoms with Crippen LogP contribution in [0, 0.1) is 23.2 Å². The van der Waals surface area contributed by atoms with Crippen molar-refractivity contribution in [2.45, 2.75) is 45.6 Å². The highest BCUT2D eigenvalue weighted by Gasteiger charge is 2.51. The first-order valence-corrected chi connectivity index (χ1v) is 9.63. The topological polar surface area (TPSA) is 25.2 Å².